The Hall–Kier alpha value is -7.44. The molecule has 0 N–H and O–H groups in total. The molecule has 6 heteroatoms. The molecule has 5 aromatic carbocycles. The molecule has 56 heavy (non-hydrogen) atoms. The maximum absolute atomic E-state index is 5.19. The van der Waals surface area contributed by atoms with E-state index in [2.05, 4.69) is 149 Å². The Morgan fingerprint density at radius 3 is 1.77 bits per heavy atom. The fourth-order valence-electron chi connectivity index (χ4n) is 8.31. The van der Waals surface area contributed by atoms with Crippen LogP contribution in [-0.4, -0.2) is 29.8 Å². The minimum Gasteiger partial charge on any atom is -0.308 e. The largest absolute Gasteiger partial charge is 0.308 e. The molecule has 0 amide bonds. The summed E-state index contributed by atoms with van der Waals surface area (Å²) >= 11 is 0. The summed E-state index contributed by atoms with van der Waals surface area (Å²) in [4.78, 5) is 20.1. The Morgan fingerprint density at radius 2 is 1.07 bits per heavy atom. The van der Waals surface area contributed by atoms with Crippen LogP contribution in [-0.2, 0) is 0 Å². The number of benzene rings is 5. The first-order valence-electron chi connectivity index (χ1n) is 19.0. The molecule has 0 saturated heterocycles. The third-order valence-corrected chi connectivity index (χ3v) is 10.9. The van der Waals surface area contributed by atoms with Crippen LogP contribution in [0.25, 0.3) is 77.8 Å². The molecule has 1 atom stereocenters. The van der Waals surface area contributed by atoms with Crippen molar-refractivity contribution in [3.05, 3.63) is 199 Å². The van der Waals surface area contributed by atoms with Crippen molar-refractivity contribution in [3.8, 4) is 33.9 Å². The zero-order valence-electron chi connectivity index (χ0n) is 30.4. The predicted octanol–water partition coefficient (Wildman–Crippen LogP) is 11.9. The Balaban J connectivity index is 1.02. The summed E-state index contributed by atoms with van der Waals surface area (Å²) in [5.74, 6) is 0. The number of rotatable bonds is 6. The summed E-state index contributed by atoms with van der Waals surface area (Å²) in [5.41, 5.74) is 15.7. The number of hydrogen-bond donors (Lipinski definition) is 0. The van der Waals surface area contributed by atoms with E-state index in [0.29, 0.717) is 0 Å². The summed E-state index contributed by atoms with van der Waals surface area (Å²) in [6.07, 6.45) is 9.00. The van der Waals surface area contributed by atoms with Gasteiger partial charge in [-0.25, -0.2) is 4.98 Å². The van der Waals surface area contributed by atoms with Gasteiger partial charge in [0.2, 0.25) is 0 Å². The Bertz CT molecular complexity index is 3170. The summed E-state index contributed by atoms with van der Waals surface area (Å²) in [7, 11) is 0. The average molecular weight is 719 g/mol. The highest BCUT2D eigenvalue weighted by Crippen LogP contribution is 2.38. The molecule has 6 heterocycles. The van der Waals surface area contributed by atoms with Crippen LogP contribution in [0.3, 0.4) is 0 Å². The monoisotopic (exact) mass is 718 g/mol. The number of fused-ring (bicyclic) bond motifs is 6. The lowest BCUT2D eigenvalue weighted by Crippen LogP contribution is -2.06. The number of allylic oxidation sites excluding steroid dienone is 1. The molecule has 0 aliphatic carbocycles. The molecule has 1 aliphatic heterocycles. The third-order valence-electron chi connectivity index (χ3n) is 10.9. The molecule has 0 radical (unpaired) electrons. The van der Waals surface area contributed by atoms with Gasteiger partial charge in [-0.3, -0.25) is 15.0 Å². The Morgan fingerprint density at radius 1 is 0.464 bits per heavy atom. The minimum absolute atomic E-state index is 0.0399. The van der Waals surface area contributed by atoms with Gasteiger partial charge < -0.3 is 9.13 Å². The predicted molar refractivity (Wildman–Crippen MR) is 229 cm³/mol. The van der Waals surface area contributed by atoms with Gasteiger partial charge in [0, 0.05) is 45.7 Å². The quantitative estimate of drug-likeness (QED) is 0.172. The molecule has 1 aliphatic rings. The van der Waals surface area contributed by atoms with Crippen LogP contribution in [0.1, 0.15) is 23.6 Å². The lowest BCUT2D eigenvalue weighted by atomic mass is 9.98. The lowest BCUT2D eigenvalue weighted by Gasteiger charge is -2.17. The SMILES string of the molecule is C1=CC(c2ccccc2)=NC(c2ccc3c(c2)c2ncccc2n3-c2cccc(-n3c4ccc(-c5cccc(-c6ccccc6)n5)cc4c4ncccc43)c2)C1. The van der Waals surface area contributed by atoms with Crippen molar-refractivity contribution in [2.24, 2.45) is 4.99 Å². The zero-order valence-corrected chi connectivity index (χ0v) is 30.4. The van der Waals surface area contributed by atoms with Crippen molar-refractivity contribution < 1.29 is 0 Å². The molecule has 10 aromatic rings. The van der Waals surface area contributed by atoms with E-state index in [1.807, 2.05) is 48.8 Å². The second-order valence-electron chi connectivity index (χ2n) is 14.2. The van der Waals surface area contributed by atoms with Gasteiger partial charge in [0.1, 0.15) is 0 Å². The van der Waals surface area contributed by atoms with Crippen molar-refractivity contribution >= 4 is 49.6 Å². The van der Waals surface area contributed by atoms with E-state index < -0.39 is 0 Å². The molecule has 5 aromatic heterocycles. The van der Waals surface area contributed by atoms with Crippen LogP contribution in [0.2, 0.25) is 0 Å². The third kappa shape index (κ3) is 5.34. The lowest BCUT2D eigenvalue weighted by molar-refractivity contribution is 0.738. The van der Waals surface area contributed by atoms with E-state index in [1.165, 1.54) is 5.56 Å². The number of aliphatic imine (C=N–C) groups is 1. The van der Waals surface area contributed by atoms with Crippen molar-refractivity contribution in [3.63, 3.8) is 0 Å². The second-order valence-corrected chi connectivity index (χ2v) is 14.2. The van der Waals surface area contributed by atoms with E-state index in [0.717, 1.165) is 95.5 Å². The van der Waals surface area contributed by atoms with E-state index in [1.54, 1.807) is 0 Å². The van der Waals surface area contributed by atoms with Gasteiger partial charge in [0.15, 0.2) is 0 Å². The molecular weight excluding hydrogens is 685 g/mol. The highest BCUT2D eigenvalue weighted by molar-refractivity contribution is 6.10. The summed E-state index contributed by atoms with van der Waals surface area (Å²) < 4.78 is 4.65. The van der Waals surface area contributed by atoms with Crippen LogP contribution < -0.4 is 0 Å². The Labute approximate surface area is 323 Å². The normalized spacial score (nSPS) is 14.2. The average Bonchev–Trinajstić information content (AvgIpc) is 3.79. The van der Waals surface area contributed by atoms with Gasteiger partial charge in [-0.05, 0) is 102 Å². The van der Waals surface area contributed by atoms with E-state index >= 15 is 0 Å². The molecular formula is C50H34N6. The maximum atomic E-state index is 5.19. The first-order valence-corrected chi connectivity index (χ1v) is 19.0. The number of hydrogen-bond acceptors (Lipinski definition) is 4. The van der Waals surface area contributed by atoms with Gasteiger partial charge in [-0.1, -0.05) is 91.0 Å². The molecule has 0 fully saturated rings. The topological polar surface area (TPSA) is 60.9 Å². The molecule has 0 spiro atoms. The molecule has 0 saturated carbocycles. The van der Waals surface area contributed by atoms with E-state index in [4.69, 9.17) is 19.9 Å². The molecule has 6 nitrogen and oxygen atoms in total. The first kappa shape index (κ1) is 32.0. The summed E-state index contributed by atoms with van der Waals surface area (Å²) in [6, 6.07) is 57.5. The molecule has 264 valence electrons. The van der Waals surface area contributed by atoms with Gasteiger partial charge >= 0.3 is 0 Å². The van der Waals surface area contributed by atoms with Crippen molar-refractivity contribution in [2.45, 2.75) is 12.5 Å². The number of aromatic nitrogens is 5. The van der Waals surface area contributed by atoms with Crippen LogP contribution in [0.15, 0.2) is 193 Å². The number of nitrogens with zero attached hydrogens (tertiary/aromatic N) is 6. The summed E-state index contributed by atoms with van der Waals surface area (Å²) in [5, 5.41) is 2.20. The van der Waals surface area contributed by atoms with Gasteiger partial charge in [-0.2, -0.15) is 0 Å². The van der Waals surface area contributed by atoms with Gasteiger partial charge in [0.25, 0.3) is 0 Å². The fourth-order valence-corrected chi connectivity index (χ4v) is 8.31. The zero-order chi connectivity index (χ0) is 37.0. The standard InChI is InChI=1S/C50H34N6/c1-3-12-33(13-4-1)41-18-8-20-43(53-41)35-24-26-45-39(30-35)49-47(22-10-28-51-49)55(45)37-16-7-17-38(32-37)56-46-27-25-36(31-40(46)50-48(56)23-11-29-52-50)44-21-9-19-42(54-44)34-14-5-2-6-15-34/h1-20,22-32,44H,21H2. The van der Waals surface area contributed by atoms with Crippen LogP contribution in [0, 0.1) is 0 Å². The van der Waals surface area contributed by atoms with Crippen LogP contribution in [0.5, 0.6) is 0 Å². The highest BCUT2D eigenvalue weighted by Gasteiger charge is 2.20. The van der Waals surface area contributed by atoms with Gasteiger partial charge in [-0.15, -0.1) is 0 Å². The maximum Gasteiger partial charge on any atom is 0.0963 e. The van der Waals surface area contributed by atoms with Crippen molar-refractivity contribution in [1.29, 1.82) is 0 Å². The fraction of sp³-hybridized carbons (Fsp3) is 0.0400. The van der Waals surface area contributed by atoms with Crippen molar-refractivity contribution in [2.75, 3.05) is 0 Å². The first-order chi connectivity index (χ1) is 27.8. The van der Waals surface area contributed by atoms with Crippen molar-refractivity contribution in [1.82, 2.24) is 24.1 Å². The number of pyridine rings is 3. The molecule has 11 rings (SSSR count). The molecule has 1 unspecified atom stereocenters. The van der Waals surface area contributed by atoms with E-state index in [-0.39, 0.29) is 6.04 Å². The smallest absolute Gasteiger partial charge is 0.0963 e. The van der Waals surface area contributed by atoms with Crippen LogP contribution in [0.4, 0.5) is 0 Å². The molecule has 0 bridgehead atoms. The highest BCUT2D eigenvalue weighted by atomic mass is 15.0. The summed E-state index contributed by atoms with van der Waals surface area (Å²) in [6.45, 7) is 0. The van der Waals surface area contributed by atoms with E-state index in [9.17, 15) is 0 Å². The minimum atomic E-state index is 0.0399. The number of dihydropyridines is 1. The Kier molecular flexibility index (Phi) is 7.52. The van der Waals surface area contributed by atoms with Crippen LogP contribution >= 0.6 is 0 Å². The second kappa shape index (κ2) is 13.1. The van der Waals surface area contributed by atoms with Gasteiger partial charge in [0.05, 0.1) is 56.2 Å².